The lowest BCUT2D eigenvalue weighted by Gasteiger charge is -2.24. The van der Waals surface area contributed by atoms with E-state index in [9.17, 15) is 0 Å². The molecule has 0 aliphatic heterocycles. The molecule has 0 radical (unpaired) electrons. The van der Waals surface area contributed by atoms with Gasteiger partial charge in [0.15, 0.2) is 0 Å². The maximum atomic E-state index is 5.82. The molecule has 742 valence electrons. The largest absolute Gasteiger partial charge is 0.456 e. The summed E-state index contributed by atoms with van der Waals surface area (Å²) in [5.74, 6) is 0. The standard InChI is InChI=1S/C50H60N2.C34H28N2.C22H21N.C19H22.C16H16O/c1-46(2,3)31-16-20-42-38(26-31)39-27-32(47(4,5)6)17-21-43(39)51(42)36-24-35(50(13,14)15)25-37(30-36)52-44-22-18-33(48(7,8)9)28-40(44)41-29-34(49(10,11)12)19-23-45(41)52;1-34(2,3)23-20-24(35-30-16-8-4-12-26(30)27-13-5-9-17-31(27)35)22-25(21-23)36-32-18-10-6-14-28(32)29-15-7-11-19-33(29)36;1-22(2,3)16-12-14-17(15-13-16)23-20-10-6-4-8-18(20)19-9-5-7-11-21(19)23;1-18(2,3)13-10-11-17-15(12-13)14-8-6-7-9-16(14)19(17,4)5;1-16(2,3)11-8-9-15-13(10-11)12-6-4-5-7-14(12)17-15/h16-30H,1-15H3;4-22H,1-3H3;4-15H,1-3H3;6-12H,1-5H3;4-10H,1-3H3. The second kappa shape index (κ2) is 36.6. The van der Waals surface area contributed by atoms with Gasteiger partial charge in [-0.2, -0.15) is 0 Å². The van der Waals surface area contributed by atoms with Crippen LogP contribution in [-0.4, -0.2) is 22.8 Å². The van der Waals surface area contributed by atoms with Crippen molar-refractivity contribution >= 4 is 131 Å². The van der Waals surface area contributed by atoms with Gasteiger partial charge in [-0.05, 0) is 273 Å². The third-order valence-electron chi connectivity index (χ3n) is 31.0. The summed E-state index contributed by atoms with van der Waals surface area (Å²) in [5.41, 5.74) is 39.2. The molecule has 0 bridgehead atoms. The molecule has 0 saturated carbocycles. The summed E-state index contributed by atoms with van der Waals surface area (Å²) >= 11 is 0. The summed E-state index contributed by atoms with van der Waals surface area (Å²) in [6.07, 6.45) is 0. The van der Waals surface area contributed by atoms with Crippen molar-refractivity contribution in [2.75, 3.05) is 0 Å². The summed E-state index contributed by atoms with van der Waals surface area (Å²) in [6, 6.07) is 135. The molecule has 17 aromatic carbocycles. The summed E-state index contributed by atoms with van der Waals surface area (Å²) in [4.78, 5) is 0. The maximum absolute atomic E-state index is 5.82. The summed E-state index contributed by atoms with van der Waals surface area (Å²) < 4.78 is 18.1. The zero-order valence-electron chi connectivity index (χ0n) is 92.3. The minimum atomic E-state index is -0.0557. The molecule has 0 atom stereocenters. The van der Waals surface area contributed by atoms with Gasteiger partial charge in [-0.3, -0.25) is 0 Å². The number of fused-ring (bicyclic) bond motifs is 21. The van der Waals surface area contributed by atoms with Crippen LogP contribution in [0.25, 0.3) is 171 Å². The SMILES string of the molecule is CC(C)(C)c1cc(-n2c3ccc(C(C)(C)C)cc3c3cc(C(C)(C)C)ccc32)cc(-n2c3ccc(C(C)(C)C)cc3c3cc(C(C)(C)C)ccc32)c1.CC(C)(C)c1cc(-n2c3ccccc3c3ccccc32)cc(-n2c3ccccc3c3ccccc32)c1.CC(C)(C)c1ccc(-n2c3ccccc3c3ccccc32)cc1.CC(C)(C)c1ccc2c(c1)-c1ccccc1C2(C)C.CC(C)(C)c1ccc2oc3ccccc3c2c1. The van der Waals surface area contributed by atoms with E-state index in [4.69, 9.17) is 4.42 Å². The van der Waals surface area contributed by atoms with Crippen LogP contribution in [0.3, 0.4) is 0 Å². The second-order valence-corrected chi connectivity index (χ2v) is 51.2. The Morgan fingerprint density at radius 1 is 0.156 bits per heavy atom. The van der Waals surface area contributed by atoms with Gasteiger partial charge in [0, 0.05) is 98.5 Å². The smallest absolute Gasteiger partial charge is 0.135 e. The van der Waals surface area contributed by atoms with Crippen LogP contribution in [0.15, 0.2) is 368 Å². The van der Waals surface area contributed by atoms with Gasteiger partial charge in [0.25, 0.3) is 0 Å². The molecule has 6 nitrogen and oxygen atoms in total. The van der Waals surface area contributed by atoms with E-state index in [0.29, 0.717) is 0 Å². The average molecular weight is 1930 g/mol. The minimum Gasteiger partial charge on any atom is -0.456 e. The van der Waals surface area contributed by atoms with Crippen LogP contribution in [0.1, 0.15) is 262 Å². The third kappa shape index (κ3) is 18.7. The number of hydrogen-bond donors (Lipinski definition) is 0. The molecule has 0 unspecified atom stereocenters. The summed E-state index contributed by atoms with van der Waals surface area (Å²) in [7, 11) is 0. The molecule has 147 heavy (non-hydrogen) atoms. The molecule has 0 fully saturated rings. The van der Waals surface area contributed by atoms with E-state index >= 15 is 0 Å². The Balaban J connectivity index is 0.000000119. The highest BCUT2D eigenvalue weighted by Crippen LogP contribution is 2.51. The maximum Gasteiger partial charge on any atom is 0.135 e. The third-order valence-corrected chi connectivity index (χ3v) is 31.0. The molecule has 1 aliphatic rings. The van der Waals surface area contributed by atoms with Gasteiger partial charge in [0.05, 0.1) is 55.2 Å². The Hall–Kier alpha value is -14.5. The van der Waals surface area contributed by atoms with Crippen LogP contribution in [0.2, 0.25) is 0 Å². The Morgan fingerprint density at radius 2 is 0.381 bits per heavy atom. The fourth-order valence-corrected chi connectivity index (χ4v) is 22.1. The van der Waals surface area contributed by atoms with Crippen molar-refractivity contribution in [3.63, 3.8) is 0 Å². The van der Waals surface area contributed by atoms with Crippen LogP contribution < -0.4 is 0 Å². The van der Waals surface area contributed by atoms with Gasteiger partial charge in [0.1, 0.15) is 11.2 Å². The van der Waals surface area contributed by atoms with E-state index in [-0.39, 0.29) is 54.1 Å². The van der Waals surface area contributed by atoms with Crippen molar-refractivity contribution in [2.45, 2.75) is 255 Å². The lowest BCUT2D eigenvalue weighted by Crippen LogP contribution is -2.16. The number of aromatic nitrogens is 5. The van der Waals surface area contributed by atoms with E-state index < -0.39 is 0 Å². The fourth-order valence-electron chi connectivity index (χ4n) is 22.1. The summed E-state index contributed by atoms with van der Waals surface area (Å²) in [6.45, 7) is 66.6. The molecule has 1 aliphatic carbocycles. The van der Waals surface area contributed by atoms with Gasteiger partial charge in [-0.25, -0.2) is 0 Å². The van der Waals surface area contributed by atoms with Crippen molar-refractivity contribution in [2.24, 2.45) is 0 Å². The van der Waals surface area contributed by atoms with Crippen LogP contribution in [0.4, 0.5) is 0 Å². The number of nitrogens with zero attached hydrogens (tertiary/aromatic N) is 5. The average Bonchev–Trinajstić information content (AvgIpc) is 1.57. The monoisotopic (exact) mass is 1930 g/mol. The highest BCUT2D eigenvalue weighted by molar-refractivity contribution is 6.15. The normalized spacial score (nSPS) is 13.3. The quantitative estimate of drug-likeness (QED) is 0.169. The first-order valence-corrected chi connectivity index (χ1v) is 53.1. The van der Waals surface area contributed by atoms with Crippen LogP contribution >= 0.6 is 0 Å². The lowest BCUT2D eigenvalue weighted by molar-refractivity contribution is 0.589. The molecule has 23 aromatic rings. The summed E-state index contributed by atoms with van der Waals surface area (Å²) in [5, 5.41) is 15.4. The highest BCUT2D eigenvalue weighted by atomic mass is 16.3. The van der Waals surface area contributed by atoms with E-state index in [1.807, 2.05) is 12.1 Å². The predicted molar refractivity (Wildman–Crippen MR) is 637 cm³/mol. The predicted octanol–water partition coefficient (Wildman–Crippen LogP) is 39.8. The van der Waals surface area contributed by atoms with Crippen molar-refractivity contribution in [3.05, 3.63) is 425 Å². The number of benzene rings is 17. The number of furan rings is 1. The Bertz CT molecular complexity index is 8430. The van der Waals surface area contributed by atoms with E-state index in [0.717, 1.165) is 11.2 Å². The molecule has 24 rings (SSSR count). The second-order valence-electron chi connectivity index (χ2n) is 51.2. The molecular formula is C141H147N5O. The Morgan fingerprint density at radius 3 is 0.694 bits per heavy atom. The first kappa shape index (κ1) is 99.9. The zero-order chi connectivity index (χ0) is 104. The number of hydrogen-bond acceptors (Lipinski definition) is 1. The Kier molecular flexibility index (Phi) is 24.9. The molecule has 6 heteroatoms. The van der Waals surface area contributed by atoms with Crippen molar-refractivity contribution in [1.29, 1.82) is 0 Å². The van der Waals surface area contributed by atoms with Gasteiger partial charge in [-0.1, -0.05) is 413 Å². The topological polar surface area (TPSA) is 37.8 Å². The fraction of sp³-hybridized carbons (Fsp3) is 0.277. The van der Waals surface area contributed by atoms with E-state index in [1.165, 1.54) is 221 Å². The first-order chi connectivity index (χ1) is 69.4. The number of rotatable bonds is 5. The van der Waals surface area contributed by atoms with Crippen LogP contribution in [0, 0.1) is 0 Å². The molecule has 6 heterocycles. The molecular weight excluding hydrogens is 1780 g/mol. The molecule has 6 aromatic heterocycles. The molecule has 0 spiro atoms. The van der Waals surface area contributed by atoms with Crippen molar-refractivity contribution in [1.82, 2.24) is 22.8 Å². The highest BCUT2D eigenvalue weighted by Gasteiger charge is 2.37. The van der Waals surface area contributed by atoms with Gasteiger partial charge < -0.3 is 27.3 Å². The van der Waals surface area contributed by atoms with E-state index in [1.54, 1.807) is 0 Å². The molecule has 0 saturated heterocycles. The van der Waals surface area contributed by atoms with Gasteiger partial charge in [0.2, 0.25) is 0 Å². The first-order valence-electron chi connectivity index (χ1n) is 53.1. The minimum absolute atomic E-state index is 0.00226. The van der Waals surface area contributed by atoms with Crippen molar-refractivity contribution in [3.8, 4) is 39.6 Å². The van der Waals surface area contributed by atoms with E-state index in [2.05, 4.69) is 575 Å². The van der Waals surface area contributed by atoms with Gasteiger partial charge in [-0.15, -0.1) is 0 Å². The van der Waals surface area contributed by atoms with Gasteiger partial charge >= 0.3 is 0 Å². The molecule has 0 N–H and O–H groups in total. The van der Waals surface area contributed by atoms with Crippen LogP contribution in [-0.2, 0) is 54.1 Å². The zero-order valence-corrected chi connectivity index (χ0v) is 92.3. The lowest BCUT2D eigenvalue weighted by atomic mass is 9.80. The van der Waals surface area contributed by atoms with Crippen molar-refractivity contribution < 1.29 is 4.42 Å². The number of para-hydroxylation sites is 7. The Labute approximate surface area is 871 Å². The van der Waals surface area contributed by atoms with Crippen LogP contribution in [0.5, 0.6) is 0 Å². The molecule has 0 amide bonds.